The van der Waals surface area contributed by atoms with Gasteiger partial charge in [0.2, 0.25) is 0 Å². The third-order valence-electron chi connectivity index (χ3n) is 3.89. The molecule has 1 heterocycles. The number of carbonyl (C=O) groups is 2. The first-order valence-electron chi connectivity index (χ1n) is 8.76. The van der Waals surface area contributed by atoms with E-state index in [0.29, 0.717) is 29.4 Å². The second kappa shape index (κ2) is 9.62. The molecule has 0 spiro atoms. The predicted octanol–water partition coefficient (Wildman–Crippen LogP) is 4.22. The van der Waals surface area contributed by atoms with Crippen molar-refractivity contribution in [3.63, 3.8) is 0 Å². The number of fused-ring (bicyclic) bond motifs is 1. The summed E-state index contributed by atoms with van der Waals surface area (Å²) in [6, 6.07) is 10.5. The number of thioether (sulfide) groups is 1. The quantitative estimate of drug-likeness (QED) is 0.421. The van der Waals surface area contributed by atoms with Crippen LogP contribution < -0.4 is 14.8 Å². The largest absolute Gasteiger partial charge is 0.493 e. The first kappa shape index (κ1) is 20.9. The van der Waals surface area contributed by atoms with E-state index in [1.54, 1.807) is 38.3 Å². The minimum atomic E-state index is -0.264. The number of hydrogen-bond acceptors (Lipinski definition) is 8. The number of esters is 1. The molecule has 152 valence electrons. The van der Waals surface area contributed by atoms with Gasteiger partial charge in [-0.3, -0.25) is 9.59 Å². The molecule has 1 amide bonds. The summed E-state index contributed by atoms with van der Waals surface area (Å²) in [4.78, 5) is 28.6. The number of aromatic nitrogens is 1. The Hall–Kier alpha value is -2.78. The number of nitrogens with zero attached hydrogens (tertiary/aromatic N) is 1. The van der Waals surface area contributed by atoms with E-state index < -0.39 is 0 Å². The minimum Gasteiger partial charge on any atom is -0.493 e. The SMILES string of the molecule is CCOC(=O)CSc1nc2ccc(NC(=O)c3ccc(OC)c(OC)c3)cc2s1. The summed E-state index contributed by atoms with van der Waals surface area (Å²) in [7, 11) is 3.07. The highest BCUT2D eigenvalue weighted by Crippen LogP contribution is 2.32. The van der Waals surface area contributed by atoms with Gasteiger partial charge in [0.25, 0.3) is 5.91 Å². The maximum absolute atomic E-state index is 12.6. The molecule has 0 saturated carbocycles. The average Bonchev–Trinajstić information content (AvgIpc) is 3.14. The summed E-state index contributed by atoms with van der Waals surface area (Å²) >= 11 is 2.80. The fraction of sp³-hybridized carbons (Fsp3) is 0.250. The number of anilines is 1. The van der Waals surface area contributed by atoms with Crippen molar-refractivity contribution >= 4 is 50.9 Å². The van der Waals surface area contributed by atoms with E-state index in [2.05, 4.69) is 10.3 Å². The highest BCUT2D eigenvalue weighted by Gasteiger charge is 2.13. The van der Waals surface area contributed by atoms with Crippen molar-refractivity contribution in [2.24, 2.45) is 0 Å². The van der Waals surface area contributed by atoms with Crippen molar-refractivity contribution in [1.29, 1.82) is 0 Å². The zero-order valence-electron chi connectivity index (χ0n) is 16.2. The molecule has 7 nitrogen and oxygen atoms in total. The molecule has 1 N–H and O–H groups in total. The Morgan fingerprint density at radius 3 is 2.62 bits per heavy atom. The van der Waals surface area contributed by atoms with Gasteiger partial charge in [0.05, 0.1) is 36.8 Å². The third-order valence-corrected chi connectivity index (χ3v) is 6.03. The Morgan fingerprint density at radius 2 is 1.90 bits per heavy atom. The molecule has 0 fully saturated rings. The molecule has 0 saturated heterocycles. The molecule has 1 aromatic heterocycles. The van der Waals surface area contributed by atoms with Crippen LogP contribution in [0.2, 0.25) is 0 Å². The minimum absolute atomic E-state index is 0.219. The lowest BCUT2D eigenvalue weighted by Gasteiger charge is -2.10. The summed E-state index contributed by atoms with van der Waals surface area (Å²) in [5, 5.41) is 2.88. The van der Waals surface area contributed by atoms with Crippen LogP contribution >= 0.6 is 23.1 Å². The maximum atomic E-state index is 12.6. The van der Waals surface area contributed by atoms with Gasteiger partial charge < -0.3 is 19.5 Å². The van der Waals surface area contributed by atoms with E-state index in [1.807, 2.05) is 12.1 Å². The van der Waals surface area contributed by atoms with Crippen LogP contribution in [0.3, 0.4) is 0 Å². The van der Waals surface area contributed by atoms with E-state index in [-0.39, 0.29) is 17.6 Å². The van der Waals surface area contributed by atoms with E-state index in [4.69, 9.17) is 14.2 Å². The molecule has 0 aliphatic heterocycles. The Labute approximate surface area is 176 Å². The summed E-state index contributed by atoms with van der Waals surface area (Å²) in [5.41, 5.74) is 1.92. The average molecular weight is 433 g/mol. The molecule has 0 aliphatic carbocycles. The summed E-state index contributed by atoms with van der Waals surface area (Å²) in [6.07, 6.45) is 0. The van der Waals surface area contributed by atoms with Crippen LogP contribution in [0.1, 0.15) is 17.3 Å². The van der Waals surface area contributed by atoms with Gasteiger partial charge >= 0.3 is 5.97 Å². The fourth-order valence-electron chi connectivity index (χ4n) is 2.55. The Kier molecular flexibility index (Phi) is 6.95. The lowest BCUT2D eigenvalue weighted by molar-refractivity contribution is -0.139. The predicted molar refractivity (Wildman–Crippen MR) is 114 cm³/mol. The highest BCUT2D eigenvalue weighted by molar-refractivity contribution is 8.01. The van der Waals surface area contributed by atoms with Crippen LogP contribution in [0.4, 0.5) is 5.69 Å². The van der Waals surface area contributed by atoms with Crippen LogP contribution in [0.5, 0.6) is 11.5 Å². The highest BCUT2D eigenvalue weighted by atomic mass is 32.2. The number of nitrogens with one attached hydrogen (secondary N) is 1. The van der Waals surface area contributed by atoms with Crippen LogP contribution in [0.15, 0.2) is 40.7 Å². The molecule has 0 atom stereocenters. The number of thiazole rings is 1. The zero-order chi connectivity index (χ0) is 20.8. The molecular weight excluding hydrogens is 412 g/mol. The number of ether oxygens (including phenoxy) is 3. The van der Waals surface area contributed by atoms with Crippen LogP contribution in [-0.2, 0) is 9.53 Å². The number of carbonyl (C=O) groups excluding carboxylic acids is 2. The summed E-state index contributed by atoms with van der Waals surface area (Å²) < 4.78 is 17.1. The van der Waals surface area contributed by atoms with Crippen LogP contribution in [0, 0.1) is 0 Å². The Morgan fingerprint density at radius 1 is 1.10 bits per heavy atom. The molecule has 0 radical (unpaired) electrons. The smallest absolute Gasteiger partial charge is 0.316 e. The van der Waals surface area contributed by atoms with Crippen LogP contribution in [-0.4, -0.2) is 43.4 Å². The molecule has 0 bridgehead atoms. The first-order valence-corrected chi connectivity index (χ1v) is 10.6. The molecule has 0 aliphatic rings. The van der Waals surface area contributed by atoms with Gasteiger partial charge in [-0.2, -0.15) is 0 Å². The van der Waals surface area contributed by atoms with Crippen molar-refractivity contribution < 1.29 is 23.8 Å². The van der Waals surface area contributed by atoms with Gasteiger partial charge in [-0.05, 0) is 43.3 Å². The van der Waals surface area contributed by atoms with Crippen molar-refractivity contribution in [3.8, 4) is 11.5 Å². The van der Waals surface area contributed by atoms with Gasteiger partial charge in [0, 0.05) is 11.3 Å². The van der Waals surface area contributed by atoms with Crippen molar-refractivity contribution in [2.45, 2.75) is 11.3 Å². The lowest BCUT2D eigenvalue weighted by Crippen LogP contribution is -2.12. The van der Waals surface area contributed by atoms with Gasteiger partial charge in [-0.1, -0.05) is 11.8 Å². The molecule has 0 unspecified atom stereocenters. The number of hydrogen-bond donors (Lipinski definition) is 1. The standard InChI is InChI=1S/C20H20N2O5S2/c1-4-27-18(23)11-28-20-22-14-7-6-13(10-17(14)29-20)21-19(24)12-5-8-15(25-2)16(9-12)26-3/h5-10H,4,11H2,1-3H3,(H,21,24). The molecule has 9 heteroatoms. The number of methoxy groups -OCH3 is 2. The van der Waals surface area contributed by atoms with E-state index in [9.17, 15) is 9.59 Å². The fourth-order valence-corrected chi connectivity index (χ4v) is 4.45. The van der Waals surface area contributed by atoms with Gasteiger partial charge in [-0.15, -0.1) is 11.3 Å². The van der Waals surface area contributed by atoms with Gasteiger partial charge in [-0.25, -0.2) is 4.98 Å². The molecular formula is C20H20N2O5S2. The van der Waals surface area contributed by atoms with E-state index >= 15 is 0 Å². The lowest BCUT2D eigenvalue weighted by atomic mass is 10.2. The number of rotatable bonds is 8. The topological polar surface area (TPSA) is 86.8 Å². The number of benzene rings is 2. The second-order valence-electron chi connectivity index (χ2n) is 5.78. The Balaban J connectivity index is 1.71. The molecule has 3 aromatic rings. The van der Waals surface area contributed by atoms with E-state index in [1.165, 1.54) is 30.2 Å². The van der Waals surface area contributed by atoms with Crippen molar-refractivity contribution in [1.82, 2.24) is 4.98 Å². The van der Waals surface area contributed by atoms with Crippen LogP contribution in [0.25, 0.3) is 10.2 Å². The normalized spacial score (nSPS) is 10.6. The van der Waals surface area contributed by atoms with Gasteiger partial charge in [0.15, 0.2) is 15.8 Å². The number of amides is 1. The van der Waals surface area contributed by atoms with E-state index in [0.717, 1.165) is 14.6 Å². The Bertz CT molecular complexity index is 1030. The second-order valence-corrected chi connectivity index (χ2v) is 8.03. The third kappa shape index (κ3) is 5.18. The molecule has 2 aromatic carbocycles. The molecule has 29 heavy (non-hydrogen) atoms. The monoisotopic (exact) mass is 432 g/mol. The summed E-state index contributed by atoms with van der Waals surface area (Å²) in [5.74, 6) is 0.743. The zero-order valence-corrected chi connectivity index (χ0v) is 17.8. The van der Waals surface area contributed by atoms with Crippen molar-refractivity contribution in [2.75, 3.05) is 31.9 Å². The molecule has 3 rings (SSSR count). The van der Waals surface area contributed by atoms with Gasteiger partial charge in [0.1, 0.15) is 0 Å². The maximum Gasteiger partial charge on any atom is 0.316 e. The summed E-state index contributed by atoms with van der Waals surface area (Å²) in [6.45, 7) is 2.14. The first-order chi connectivity index (χ1) is 14.0. The van der Waals surface area contributed by atoms with Crippen molar-refractivity contribution in [3.05, 3.63) is 42.0 Å².